The largest absolute Gasteiger partial charge is 0.498 e. The van der Waals surface area contributed by atoms with Crippen LogP contribution in [0.25, 0.3) is 6.08 Å². The normalized spacial score (nSPS) is 12.1. The SMILES string of the molecule is CCOC(=Cc1ccc(OCc2ccc(C(F)(F)F)cc2)cc1)CCN. The number of benzene rings is 2. The van der Waals surface area contributed by atoms with Gasteiger partial charge in [0.05, 0.1) is 17.9 Å². The van der Waals surface area contributed by atoms with Gasteiger partial charge in [0.2, 0.25) is 0 Å². The summed E-state index contributed by atoms with van der Waals surface area (Å²) in [7, 11) is 0. The second kappa shape index (κ2) is 9.29. The molecular formula is C20H22F3NO2. The second-order valence-corrected chi connectivity index (χ2v) is 5.63. The molecule has 0 unspecified atom stereocenters. The lowest BCUT2D eigenvalue weighted by Gasteiger charge is -2.10. The van der Waals surface area contributed by atoms with Gasteiger partial charge in [-0.15, -0.1) is 0 Å². The van der Waals surface area contributed by atoms with Crippen molar-refractivity contribution in [2.45, 2.75) is 26.1 Å². The molecule has 0 aliphatic carbocycles. The van der Waals surface area contributed by atoms with E-state index in [4.69, 9.17) is 15.2 Å². The summed E-state index contributed by atoms with van der Waals surface area (Å²) in [6.07, 6.45) is -1.73. The van der Waals surface area contributed by atoms with Crippen LogP contribution in [0.15, 0.2) is 54.3 Å². The molecule has 0 amide bonds. The first-order chi connectivity index (χ1) is 12.4. The maximum atomic E-state index is 12.5. The molecule has 0 aromatic heterocycles. The maximum absolute atomic E-state index is 12.5. The van der Waals surface area contributed by atoms with E-state index in [-0.39, 0.29) is 6.61 Å². The van der Waals surface area contributed by atoms with E-state index in [2.05, 4.69) is 0 Å². The van der Waals surface area contributed by atoms with Crippen molar-refractivity contribution in [2.75, 3.05) is 13.2 Å². The second-order valence-electron chi connectivity index (χ2n) is 5.63. The van der Waals surface area contributed by atoms with Gasteiger partial charge >= 0.3 is 6.18 Å². The molecule has 0 heterocycles. The number of hydrogen-bond donors (Lipinski definition) is 1. The van der Waals surface area contributed by atoms with Crippen LogP contribution in [-0.4, -0.2) is 13.2 Å². The van der Waals surface area contributed by atoms with Gasteiger partial charge in [-0.05, 0) is 54.9 Å². The molecule has 2 N–H and O–H groups in total. The molecule has 2 aromatic rings. The van der Waals surface area contributed by atoms with Crippen LogP contribution in [0.3, 0.4) is 0 Å². The van der Waals surface area contributed by atoms with E-state index in [0.717, 1.165) is 23.5 Å². The summed E-state index contributed by atoms with van der Waals surface area (Å²) in [5.41, 5.74) is 6.53. The molecule has 0 radical (unpaired) electrons. The van der Waals surface area contributed by atoms with Gasteiger partial charge in [-0.3, -0.25) is 0 Å². The Balaban J connectivity index is 1.95. The fourth-order valence-electron chi connectivity index (χ4n) is 2.32. The molecule has 0 bridgehead atoms. The van der Waals surface area contributed by atoms with Crippen LogP contribution in [0.5, 0.6) is 5.75 Å². The van der Waals surface area contributed by atoms with Gasteiger partial charge in [-0.2, -0.15) is 13.2 Å². The lowest BCUT2D eigenvalue weighted by molar-refractivity contribution is -0.137. The Morgan fingerprint density at radius 3 is 2.23 bits per heavy atom. The number of hydrogen-bond acceptors (Lipinski definition) is 3. The van der Waals surface area contributed by atoms with Crippen molar-refractivity contribution in [1.82, 2.24) is 0 Å². The first kappa shape index (κ1) is 19.8. The molecular weight excluding hydrogens is 343 g/mol. The van der Waals surface area contributed by atoms with Gasteiger partial charge < -0.3 is 15.2 Å². The Morgan fingerprint density at radius 1 is 1.04 bits per heavy atom. The van der Waals surface area contributed by atoms with Crippen LogP contribution in [0, 0.1) is 0 Å². The zero-order valence-electron chi connectivity index (χ0n) is 14.6. The fourth-order valence-corrected chi connectivity index (χ4v) is 2.32. The average Bonchev–Trinajstić information content (AvgIpc) is 2.61. The van der Waals surface area contributed by atoms with Crippen molar-refractivity contribution in [3.63, 3.8) is 0 Å². The smallest absolute Gasteiger partial charge is 0.416 e. The molecule has 2 rings (SSSR count). The Hall–Kier alpha value is -2.47. The number of alkyl halides is 3. The summed E-state index contributed by atoms with van der Waals surface area (Å²) in [6, 6.07) is 12.3. The molecule has 140 valence electrons. The number of nitrogens with two attached hydrogens (primary N) is 1. The van der Waals surface area contributed by atoms with Crippen LogP contribution >= 0.6 is 0 Å². The lowest BCUT2D eigenvalue weighted by atomic mass is 10.1. The predicted molar refractivity (Wildman–Crippen MR) is 95.5 cm³/mol. The van der Waals surface area contributed by atoms with E-state index < -0.39 is 11.7 Å². The van der Waals surface area contributed by atoms with Crippen molar-refractivity contribution in [3.05, 3.63) is 71.0 Å². The highest BCUT2D eigenvalue weighted by Crippen LogP contribution is 2.29. The van der Waals surface area contributed by atoms with Gasteiger partial charge in [0.15, 0.2) is 0 Å². The molecule has 26 heavy (non-hydrogen) atoms. The van der Waals surface area contributed by atoms with E-state index in [1.165, 1.54) is 12.1 Å². The Morgan fingerprint density at radius 2 is 1.69 bits per heavy atom. The molecule has 3 nitrogen and oxygen atoms in total. The van der Waals surface area contributed by atoms with Crippen LogP contribution in [-0.2, 0) is 17.5 Å². The highest BCUT2D eigenvalue weighted by atomic mass is 19.4. The minimum atomic E-state index is -4.33. The van der Waals surface area contributed by atoms with Gasteiger partial charge in [0.1, 0.15) is 12.4 Å². The first-order valence-corrected chi connectivity index (χ1v) is 8.35. The van der Waals surface area contributed by atoms with Crippen molar-refractivity contribution < 1.29 is 22.6 Å². The first-order valence-electron chi connectivity index (χ1n) is 8.35. The molecule has 0 fully saturated rings. The quantitative estimate of drug-likeness (QED) is 0.669. The Bertz CT molecular complexity index is 699. The average molecular weight is 365 g/mol. The fraction of sp³-hybridized carbons (Fsp3) is 0.300. The summed E-state index contributed by atoms with van der Waals surface area (Å²) in [4.78, 5) is 0. The zero-order valence-corrected chi connectivity index (χ0v) is 14.6. The third-order valence-corrected chi connectivity index (χ3v) is 3.61. The topological polar surface area (TPSA) is 44.5 Å². The summed E-state index contributed by atoms with van der Waals surface area (Å²) in [6.45, 7) is 3.22. The zero-order chi connectivity index (χ0) is 19.0. The van der Waals surface area contributed by atoms with Crippen LogP contribution in [0.4, 0.5) is 13.2 Å². The van der Waals surface area contributed by atoms with Crippen molar-refractivity contribution in [3.8, 4) is 5.75 Å². The highest BCUT2D eigenvalue weighted by Gasteiger charge is 2.29. The third-order valence-electron chi connectivity index (χ3n) is 3.61. The highest BCUT2D eigenvalue weighted by molar-refractivity contribution is 5.52. The van der Waals surface area contributed by atoms with Gasteiger partial charge in [-0.1, -0.05) is 24.3 Å². The van der Waals surface area contributed by atoms with E-state index in [1.54, 1.807) is 0 Å². The molecule has 0 aliphatic heterocycles. The third kappa shape index (κ3) is 6.11. The van der Waals surface area contributed by atoms with Crippen LogP contribution in [0.1, 0.15) is 30.0 Å². The van der Waals surface area contributed by atoms with Crippen molar-refractivity contribution in [2.24, 2.45) is 5.73 Å². The molecule has 0 aliphatic rings. The maximum Gasteiger partial charge on any atom is 0.416 e. The summed E-state index contributed by atoms with van der Waals surface area (Å²) >= 11 is 0. The summed E-state index contributed by atoms with van der Waals surface area (Å²) in [5.74, 6) is 1.47. The van der Waals surface area contributed by atoms with E-state index in [9.17, 15) is 13.2 Å². The monoisotopic (exact) mass is 365 g/mol. The van der Waals surface area contributed by atoms with E-state index in [0.29, 0.717) is 30.9 Å². The summed E-state index contributed by atoms with van der Waals surface area (Å²) < 4.78 is 48.8. The van der Waals surface area contributed by atoms with E-state index >= 15 is 0 Å². The molecule has 0 spiro atoms. The predicted octanol–water partition coefficient (Wildman–Crippen LogP) is 5.01. The van der Waals surface area contributed by atoms with Crippen LogP contribution in [0.2, 0.25) is 0 Å². The Labute approximate surface area is 151 Å². The Kier molecular flexibility index (Phi) is 7.09. The molecule has 2 aromatic carbocycles. The standard InChI is InChI=1S/C20H22F3NO2/c1-2-25-19(11-12-24)13-15-5-9-18(10-6-15)26-14-16-3-7-17(8-4-16)20(21,22)23/h3-10,13H,2,11-12,14,24H2,1H3. The molecule has 0 saturated heterocycles. The van der Waals surface area contributed by atoms with Gasteiger partial charge in [0.25, 0.3) is 0 Å². The molecule has 6 heteroatoms. The van der Waals surface area contributed by atoms with Crippen molar-refractivity contribution in [1.29, 1.82) is 0 Å². The molecule has 0 atom stereocenters. The number of halogens is 3. The minimum absolute atomic E-state index is 0.199. The van der Waals surface area contributed by atoms with Gasteiger partial charge in [0, 0.05) is 6.42 Å². The molecule has 0 saturated carbocycles. The van der Waals surface area contributed by atoms with Crippen LogP contribution < -0.4 is 10.5 Å². The minimum Gasteiger partial charge on any atom is -0.498 e. The lowest BCUT2D eigenvalue weighted by Crippen LogP contribution is -2.05. The number of rotatable bonds is 8. The van der Waals surface area contributed by atoms with Crippen molar-refractivity contribution >= 4 is 6.08 Å². The summed E-state index contributed by atoms with van der Waals surface area (Å²) in [5, 5.41) is 0. The van der Waals surface area contributed by atoms with Gasteiger partial charge in [-0.25, -0.2) is 0 Å². The number of ether oxygens (including phenoxy) is 2. The van der Waals surface area contributed by atoms with E-state index in [1.807, 2.05) is 37.3 Å².